The molecule has 1 atom stereocenters. The monoisotopic (exact) mass is 240 g/mol. The van der Waals surface area contributed by atoms with Crippen molar-refractivity contribution < 1.29 is 8.78 Å². The Labute approximate surface area is 98.2 Å². The predicted molar refractivity (Wildman–Crippen MR) is 61.8 cm³/mol. The fourth-order valence-electron chi connectivity index (χ4n) is 1.61. The summed E-state index contributed by atoms with van der Waals surface area (Å²) >= 11 is 6.21. The molecule has 1 aromatic rings. The van der Waals surface area contributed by atoms with Crippen LogP contribution in [-0.4, -0.2) is 5.92 Å². The summed E-state index contributed by atoms with van der Waals surface area (Å²) in [4.78, 5) is 0. The van der Waals surface area contributed by atoms with E-state index in [2.05, 4.69) is 0 Å². The Morgan fingerprint density at radius 1 is 1.19 bits per heavy atom. The van der Waals surface area contributed by atoms with Crippen LogP contribution in [0.3, 0.4) is 0 Å². The predicted octanol–water partition coefficient (Wildman–Crippen LogP) is 4.49. The molecule has 0 saturated carbocycles. The number of benzene rings is 1. The standard InChI is InChI=1S/C13H11ClF2/c14-12(10-4-2-1-3-5-10)11-6-8-13(15,16)9-7-11/h1-8,12H,9H2. The van der Waals surface area contributed by atoms with Crippen molar-refractivity contribution in [2.75, 3.05) is 0 Å². The Hall–Kier alpha value is -1.15. The lowest BCUT2D eigenvalue weighted by molar-refractivity contribution is 0.0571. The zero-order valence-electron chi connectivity index (χ0n) is 8.54. The van der Waals surface area contributed by atoms with Gasteiger partial charge in [-0.1, -0.05) is 42.5 Å². The van der Waals surface area contributed by atoms with Crippen molar-refractivity contribution in [3.05, 3.63) is 59.7 Å². The van der Waals surface area contributed by atoms with Crippen LogP contribution in [0.4, 0.5) is 8.78 Å². The summed E-state index contributed by atoms with van der Waals surface area (Å²) in [5, 5.41) is -0.353. The summed E-state index contributed by atoms with van der Waals surface area (Å²) in [7, 11) is 0. The van der Waals surface area contributed by atoms with E-state index < -0.39 is 5.92 Å². The average molecular weight is 241 g/mol. The summed E-state index contributed by atoms with van der Waals surface area (Å²) in [5.74, 6) is -2.73. The lowest BCUT2D eigenvalue weighted by Crippen LogP contribution is -2.14. The molecule has 1 aliphatic carbocycles. The van der Waals surface area contributed by atoms with Gasteiger partial charge in [-0.3, -0.25) is 0 Å². The van der Waals surface area contributed by atoms with E-state index in [9.17, 15) is 8.78 Å². The molecule has 1 aliphatic rings. The molecule has 0 nitrogen and oxygen atoms in total. The van der Waals surface area contributed by atoms with Crippen LogP contribution in [-0.2, 0) is 0 Å². The van der Waals surface area contributed by atoms with Crippen molar-refractivity contribution in [1.29, 1.82) is 0 Å². The van der Waals surface area contributed by atoms with Crippen LogP contribution in [0.15, 0.2) is 54.1 Å². The lowest BCUT2D eigenvalue weighted by Gasteiger charge is -2.18. The SMILES string of the molecule is FC1(F)C=CC(C(Cl)c2ccccc2)=CC1. The molecular formula is C13H11ClF2. The third kappa shape index (κ3) is 2.50. The summed E-state index contributed by atoms with van der Waals surface area (Å²) in [5.41, 5.74) is 1.66. The summed E-state index contributed by atoms with van der Waals surface area (Å²) in [6.45, 7) is 0. The van der Waals surface area contributed by atoms with Gasteiger partial charge in [-0.05, 0) is 17.2 Å². The fraction of sp³-hybridized carbons (Fsp3) is 0.231. The van der Waals surface area contributed by atoms with Gasteiger partial charge in [-0.25, -0.2) is 8.78 Å². The molecule has 1 aromatic carbocycles. The molecule has 0 spiro atoms. The molecule has 0 N–H and O–H groups in total. The van der Waals surface area contributed by atoms with Crippen molar-refractivity contribution in [2.24, 2.45) is 0 Å². The van der Waals surface area contributed by atoms with Crippen LogP contribution >= 0.6 is 11.6 Å². The zero-order valence-corrected chi connectivity index (χ0v) is 9.29. The molecular weight excluding hydrogens is 230 g/mol. The molecule has 1 unspecified atom stereocenters. The first-order valence-corrected chi connectivity index (χ1v) is 5.48. The van der Waals surface area contributed by atoms with E-state index >= 15 is 0 Å². The number of hydrogen-bond donors (Lipinski definition) is 0. The molecule has 84 valence electrons. The molecule has 0 heterocycles. The van der Waals surface area contributed by atoms with Gasteiger partial charge in [0.05, 0.1) is 5.38 Å². The van der Waals surface area contributed by atoms with E-state index in [1.54, 1.807) is 0 Å². The van der Waals surface area contributed by atoms with Gasteiger partial charge in [-0.2, -0.15) is 0 Å². The molecule has 2 rings (SSSR count). The van der Waals surface area contributed by atoms with Gasteiger partial charge in [0.1, 0.15) is 0 Å². The highest BCUT2D eigenvalue weighted by molar-refractivity contribution is 6.22. The molecule has 0 radical (unpaired) electrons. The van der Waals surface area contributed by atoms with Crippen molar-refractivity contribution >= 4 is 11.6 Å². The van der Waals surface area contributed by atoms with Gasteiger partial charge in [0.25, 0.3) is 5.92 Å². The third-order valence-corrected chi connectivity index (χ3v) is 3.02. The highest BCUT2D eigenvalue weighted by Gasteiger charge is 2.27. The minimum Gasteiger partial charge on any atom is -0.202 e. The highest BCUT2D eigenvalue weighted by Crippen LogP contribution is 2.35. The van der Waals surface area contributed by atoms with E-state index in [1.165, 1.54) is 12.2 Å². The maximum atomic E-state index is 12.9. The fourth-order valence-corrected chi connectivity index (χ4v) is 1.92. The van der Waals surface area contributed by atoms with Gasteiger partial charge in [-0.15, -0.1) is 11.6 Å². The molecule has 0 aliphatic heterocycles. The Morgan fingerprint density at radius 2 is 1.88 bits per heavy atom. The molecule has 0 amide bonds. The molecule has 0 aromatic heterocycles. The second kappa shape index (κ2) is 4.38. The average Bonchev–Trinajstić information content (AvgIpc) is 2.29. The molecule has 0 saturated heterocycles. The van der Waals surface area contributed by atoms with E-state index in [0.29, 0.717) is 0 Å². The van der Waals surface area contributed by atoms with Crippen LogP contribution in [0.1, 0.15) is 17.4 Å². The highest BCUT2D eigenvalue weighted by atomic mass is 35.5. The number of allylic oxidation sites excluding steroid dienone is 4. The maximum Gasteiger partial charge on any atom is 0.270 e. The Bertz CT molecular complexity index is 421. The Kier molecular flexibility index (Phi) is 3.10. The van der Waals surface area contributed by atoms with Crippen molar-refractivity contribution in [2.45, 2.75) is 17.7 Å². The molecule has 3 heteroatoms. The van der Waals surface area contributed by atoms with E-state index in [1.807, 2.05) is 30.3 Å². The van der Waals surface area contributed by atoms with Crippen LogP contribution in [0.25, 0.3) is 0 Å². The summed E-state index contributed by atoms with van der Waals surface area (Å²) in [6, 6.07) is 9.43. The van der Waals surface area contributed by atoms with E-state index in [4.69, 9.17) is 11.6 Å². The molecule has 0 fully saturated rings. The van der Waals surface area contributed by atoms with Gasteiger partial charge >= 0.3 is 0 Å². The van der Waals surface area contributed by atoms with Crippen molar-refractivity contribution in [3.63, 3.8) is 0 Å². The summed E-state index contributed by atoms with van der Waals surface area (Å²) < 4.78 is 25.7. The first kappa shape index (κ1) is 11.3. The largest absolute Gasteiger partial charge is 0.270 e. The number of rotatable bonds is 2. The van der Waals surface area contributed by atoms with E-state index in [-0.39, 0.29) is 11.8 Å². The summed E-state index contributed by atoms with van der Waals surface area (Å²) in [6.07, 6.45) is 3.56. The second-order valence-electron chi connectivity index (χ2n) is 3.78. The minimum atomic E-state index is -2.73. The quantitative estimate of drug-likeness (QED) is 0.669. The van der Waals surface area contributed by atoms with Gasteiger partial charge in [0, 0.05) is 6.42 Å². The van der Waals surface area contributed by atoms with Gasteiger partial charge in [0.15, 0.2) is 0 Å². The molecule has 0 bridgehead atoms. The minimum absolute atomic E-state index is 0.269. The van der Waals surface area contributed by atoms with Gasteiger partial charge < -0.3 is 0 Å². The second-order valence-corrected chi connectivity index (χ2v) is 4.21. The van der Waals surface area contributed by atoms with E-state index in [0.717, 1.165) is 17.2 Å². The number of hydrogen-bond acceptors (Lipinski definition) is 0. The zero-order chi connectivity index (χ0) is 11.6. The van der Waals surface area contributed by atoms with Gasteiger partial charge in [0.2, 0.25) is 0 Å². The van der Waals surface area contributed by atoms with Crippen LogP contribution in [0, 0.1) is 0 Å². The first-order valence-electron chi connectivity index (χ1n) is 5.05. The van der Waals surface area contributed by atoms with Crippen LogP contribution in [0.5, 0.6) is 0 Å². The normalized spacial score (nSPS) is 20.3. The smallest absolute Gasteiger partial charge is 0.202 e. The van der Waals surface area contributed by atoms with Crippen molar-refractivity contribution in [1.82, 2.24) is 0 Å². The van der Waals surface area contributed by atoms with Crippen molar-refractivity contribution in [3.8, 4) is 0 Å². The maximum absolute atomic E-state index is 12.9. The lowest BCUT2D eigenvalue weighted by atomic mass is 9.98. The third-order valence-electron chi connectivity index (χ3n) is 2.51. The first-order chi connectivity index (χ1) is 7.58. The number of alkyl halides is 3. The Balaban J connectivity index is 2.17. The molecule has 16 heavy (non-hydrogen) atoms. The topological polar surface area (TPSA) is 0 Å². The Morgan fingerprint density at radius 3 is 2.44 bits per heavy atom. The van der Waals surface area contributed by atoms with Crippen LogP contribution in [0.2, 0.25) is 0 Å². The number of halogens is 3. The van der Waals surface area contributed by atoms with Crippen LogP contribution < -0.4 is 0 Å².